The van der Waals surface area contributed by atoms with Gasteiger partial charge >= 0.3 is 0 Å². The Morgan fingerprint density at radius 2 is 1.94 bits per heavy atom. The van der Waals surface area contributed by atoms with E-state index in [0.717, 1.165) is 12.2 Å². The first kappa shape index (κ1) is 14.5. The van der Waals surface area contributed by atoms with Gasteiger partial charge in [0.15, 0.2) is 0 Å². The van der Waals surface area contributed by atoms with Crippen molar-refractivity contribution in [2.45, 2.75) is 24.9 Å². The molecule has 0 bridgehead atoms. The lowest BCUT2D eigenvalue weighted by Crippen LogP contribution is -2.16. The summed E-state index contributed by atoms with van der Waals surface area (Å²) in [7, 11) is 7.10. The van der Waals surface area contributed by atoms with Gasteiger partial charge in [-0.2, -0.15) is 0 Å². The average molecular weight is 250 g/mol. The topological polar surface area (TPSA) is 9.23 Å². The van der Waals surface area contributed by atoms with Crippen LogP contribution in [0.15, 0.2) is 24.3 Å². The zero-order chi connectivity index (χ0) is 12.9. The van der Waals surface area contributed by atoms with Crippen LogP contribution in [0.3, 0.4) is 0 Å². The number of hydrogen-bond acceptors (Lipinski definition) is 1. The van der Waals surface area contributed by atoms with Gasteiger partial charge in [-0.1, -0.05) is 30.3 Å². The molecule has 0 amide bonds. The summed E-state index contributed by atoms with van der Waals surface area (Å²) in [4.78, 5) is 0. The minimum Gasteiger partial charge on any atom is -0.496 e. The van der Waals surface area contributed by atoms with Crippen molar-refractivity contribution >= 4 is 17.9 Å². The zero-order valence-electron chi connectivity index (χ0n) is 11.4. The molecule has 3 heteroatoms. The quantitative estimate of drug-likeness (QED) is 0.704. The molecule has 0 aromatic heterocycles. The smallest absolute Gasteiger partial charge is 0.122 e. The van der Waals surface area contributed by atoms with Gasteiger partial charge in [-0.3, -0.25) is 10.0 Å². The fraction of sp³-hybridized carbons (Fsp3) is 0.571. The molecule has 1 aromatic rings. The van der Waals surface area contributed by atoms with Crippen molar-refractivity contribution in [3.63, 3.8) is 0 Å². The standard InChI is InChI=1S/C14H23BOS/c1-12(15)17(3,4)11-7-9-13-8-5-6-10-14(13)16-2/h5-6,8,10,12H,7,9,11H2,1-4H3. The molecule has 1 nitrogen and oxygen atoms in total. The van der Waals surface area contributed by atoms with Gasteiger partial charge < -0.3 is 4.74 Å². The Kier molecular flexibility index (Phi) is 5.45. The van der Waals surface area contributed by atoms with Crippen molar-refractivity contribution in [1.29, 1.82) is 0 Å². The van der Waals surface area contributed by atoms with Crippen LogP contribution in [0.1, 0.15) is 18.9 Å². The average Bonchev–Trinajstić information content (AvgIpc) is 2.29. The predicted molar refractivity (Wildman–Crippen MR) is 80.8 cm³/mol. The van der Waals surface area contributed by atoms with Crippen LogP contribution < -0.4 is 4.74 Å². The molecule has 0 aliphatic carbocycles. The molecule has 0 aliphatic rings. The largest absolute Gasteiger partial charge is 0.496 e. The molecule has 1 rings (SSSR count). The van der Waals surface area contributed by atoms with E-state index in [2.05, 4.69) is 31.6 Å². The van der Waals surface area contributed by atoms with E-state index in [9.17, 15) is 0 Å². The van der Waals surface area contributed by atoms with Gasteiger partial charge in [0.05, 0.1) is 15.0 Å². The normalized spacial score (nSPS) is 14.4. The monoisotopic (exact) mass is 250 g/mol. The van der Waals surface area contributed by atoms with Crippen LogP contribution in [0.25, 0.3) is 0 Å². The van der Waals surface area contributed by atoms with Crippen LogP contribution >= 0.6 is 10.0 Å². The molecule has 0 fully saturated rings. The molecule has 0 spiro atoms. The highest BCUT2D eigenvalue weighted by Gasteiger charge is 2.15. The Morgan fingerprint density at radius 1 is 1.29 bits per heavy atom. The highest BCUT2D eigenvalue weighted by Crippen LogP contribution is 2.44. The second-order valence-corrected chi connectivity index (χ2v) is 9.35. The molecule has 0 saturated heterocycles. The summed E-state index contributed by atoms with van der Waals surface area (Å²) >= 11 is 0. The minimum absolute atomic E-state index is 0.320. The van der Waals surface area contributed by atoms with Crippen LogP contribution in [0.2, 0.25) is 0 Å². The summed E-state index contributed by atoms with van der Waals surface area (Å²) < 4.78 is 5.36. The SMILES string of the molecule is [B]C(C)S(C)(C)CCCc1ccccc1OC. The first-order valence-corrected chi connectivity index (χ1v) is 8.73. The van der Waals surface area contributed by atoms with Crippen LogP contribution in [-0.2, 0) is 6.42 Å². The zero-order valence-corrected chi connectivity index (χ0v) is 12.2. The lowest BCUT2D eigenvalue weighted by molar-refractivity contribution is 0.409. The fourth-order valence-corrected chi connectivity index (χ4v) is 2.99. The van der Waals surface area contributed by atoms with Crippen molar-refractivity contribution in [2.75, 3.05) is 25.4 Å². The Morgan fingerprint density at radius 3 is 2.53 bits per heavy atom. The molecule has 1 atom stereocenters. The van der Waals surface area contributed by atoms with Crippen LogP contribution in [0.5, 0.6) is 5.75 Å². The molecule has 0 aliphatic heterocycles. The Hall–Kier alpha value is -0.565. The Balaban J connectivity index is 2.51. The third-order valence-electron chi connectivity index (χ3n) is 3.32. The summed E-state index contributed by atoms with van der Waals surface area (Å²) in [6, 6.07) is 8.26. The Labute approximate surface area is 109 Å². The third kappa shape index (κ3) is 4.31. The molecule has 2 radical (unpaired) electrons. The first-order valence-electron chi connectivity index (χ1n) is 6.04. The minimum atomic E-state index is -0.651. The second kappa shape index (κ2) is 6.39. The third-order valence-corrected chi connectivity index (χ3v) is 6.67. The predicted octanol–water partition coefficient (Wildman–Crippen LogP) is 3.21. The molecule has 0 saturated carbocycles. The maximum atomic E-state index is 6.02. The van der Waals surface area contributed by atoms with Gasteiger partial charge in [-0.15, -0.1) is 0 Å². The van der Waals surface area contributed by atoms with Gasteiger partial charge in [0.25, 0.3) is 0 Å². The van der Waals surface area contributed by atoms with Crippen molar-refractivity contribution in [2.24, 2.45) is 0 Å². The molecule has 1 unspecified atom stereocenters. The molecular formula is C14H23BOS. The van der Waals surface area contributed by atoms with Gasteiger partial charge in [0.2, 0.25) is 0 Å². The van der Waals surface area contributed by atoms with Crippen molar-refractivity contribution in [3.05, 3.63) is 29.8 Å². The lowest BCUT2D eigenvalue weighted by Gasteiger charge is -2.36. The van der Waals surface area contributed by atoms with E-state index in [1.165, 1.54) is 17.7 Å². The van der Waals surface area contributed by atoms with E-state index in [0.29, 0.717) is 5.15 Å². The van der Waals surface area contributed by atoms with Crippen LogP contribution in [0.4, 0.5) is 0 Å². The number of hydrogen-bond donors (Lipinski definition) is 0. The highest BCUT2D eigenvalue weighted by atomic mass is 32.3. The summed E-state index contributed by atoms with van der Waals surface area (Å²) in [6.07, 6.45) is 6.90. The number of aryl methyl sites for hydroxylation is 1. The summed E-state index contributed by atoms with van der Waals surface area (Å²) in [5.41, 5.74) is 1.30. The second-order valence-electron chi connectivity index (χ2n) is 4.95. The van der Waals surface area contributed by atoms with Gasteiger partial charge in [-0.25, -0.2) is 0 Å². The molecule has 94 valence electrons. The van der Waals surface area contributed by atoms with E-state index >= 15 is 0 Å². The van der Waals surface area contributed by atoms with E-state index in [1.54, 1.807) is 7.11 Å². The first-order chi connectivity index (χ1) is 7.97. The van der Waals surface area contributed by atoms with E-state index in [4.69, 9.17) is 12.6 Å². The molecule has 17 heavy (non-hydrogen) atoms. The number of methoxy groups -OCH3 is 1. The van der Waals surface area contributed by atoms with Crippen molar-refractivity contribution < 1.29 is 4.74 Å². The lowest BCUT2D eigenvalue weighted by atomic mass is 10.1. The molecular weight excluding hydrogens is 227 g/mol. The maximum Gasteiger partial charge on any atom is 0.122 e. The molecule has 0 N–H and O–H groups in total. The van der Waals surface area contributed by atoms with Gasteiger partial charge in [0, 0.05) is 0 Å². The molecule has 0 heterocycles. The van der Waals surface area contributed by atoms with E-state index in [-0.39, 0.29) is 0 Å². The number of rotatable bonds is 6. The summed E-state index contributed by atoms with van der Waals surface area (Å²) in [6.45, 7) is 2.12. The van der Waals surface area contributed by atoms with Crippen molar-refractivity contribution in [1.82, 2.24) is 0 Å². The molecule has 1 aromatic carbocycles. The van der Waals surface area contributed by atoms with Crippen molar-refractivity contribution in [3.8, 4) is 5.75 Å². The number of para-hydroxylation sites is 1. The van der Waals surface area contributed by atoms with Crippen LogP contribution in [-0.4, -0.2) is 38.4 Å². The fourth-order valence-electron chi connectivity index (χ4n) is 1.73. The van der Waals surface area contributed by atoms with E-state index < -0.39 is 10.0 Å². The number of ether oxygens (including phenoxy) is 1. The maximum absolute atomic E-state index is 6.02. The Bertz CT molecular complexity index is 350. The van der Waals surface area contributed by atoms with E-state index in [1.807, 2.05) is 12.1 Å². The summed E-state index contributed by atoms with van der Waals surface area (Å²) in [5, 5.41) is 0.320. The highest BCUT2D eigenvalue weighted by molar-refractivity contribution is 8.33. The van der Waals surface area contributed by atoms with Gasteiger partial charge in [0.1, 0.15) is 5.75 Å². The van der Waals surface area contributed by atoms with Crippen LogP contribution in [0, 0.1) is 0 Å². The number of benzene rings is 1. The summed E-state index contributed by atoms with van der Waals surface area (Å²) in [5.74, 6) is 2.23. The van der Waals surface area contributed by atoms with Gasteiger partial charge in [-0.05, 0) is 42.7 Å².